The van der Waals surface area contributed by atoms with Gasteiger partial charge in [0.05, 0.1) is 20.3 Å². The maximum absolute atomic E-state index is 12.7. The van der Waals surface area contributed by atoms with Crippen molar-refractivity contribution in [1.29, 1.82) is 0 Å². The summed E-state index contributed by atoms with van der Waals surface area (Å²) in [7, 11) is 1.56. The quantitative estimate of drug-likeness (QED) is 0.320. The molecule has 0 aliphatic heterocycles. The Hall–Kier alpha value is -4.18. The third kappa shape index (κ3) is 4.09. The summed E-state index contributed by atoms with van der Waals surface area (Å²) >= 11 is 0. The summed E-state index contributed by atoms with van der Waals surface area (Å²) in [5.74, 6) is 0.986. The summed E-state index contributed by atoms with van der Waals surface area (Å²) in [6, 6.07) is 14.5. The molecule has 0 aliphatic carbocycles. The lowest BCUT2D eigenvalue weighted by molar-refractivity contribution is -0.105. The number of methoxy groups -OCH3 is 1. The Morgan fingerprint density at radius 3 is 2.81 bits per heavy atom. The van der Waals surface area contributed by atoms with Crippen LogP contribution in [-0.2, 0) is 17.9 Å². The molecule has 10 heteroatoms. The molecule has 0 spiro atoms. The minimum atomic E-state index is -0.399. The topological polar surface area (TPSA) is 134 Å². The van der Waals surface area contributed by atoms with Crippen LogP contribution < -0.4 is 21.1 Å². The lowest BCUT2D eigenvalue weighted by Crippen LogP contribution is -2.18. The normalized spacial score (nSPS) is 10.8. The molecule has 0 unspecified atom stereocenters. The number of imidazole rings is 1. The van der Waals surface area contributed by atoms with Gasteiger partial charge in [-0.15, -0.1) is 0 Å². The summed E-state index contributed by atoms with van der Waals surface area (Å²) < 4.78 is 6.83. The van der Waals surface area contributed by atoms with Crippen molar-refractivity contribution in [1.82, 2.24) is 19.5 Å². The number of aliphatic hydroxyl groups is 1. The first kappa shape index (κ1) is 20.1. The molecule has 0 fully saturated rings. The van der Waals surface area contributed by atoms with Gasteiger partial charge in [0, 0.05) is 11.3 Å². The van der Waals surface area contributed by atoms with E-state index < -0.39 is 5.69 Å². The zero-order valence-electron chi connectivity index (χ0n) is 16.6. The standard InChI is InChI=1S/C21H20N6O4/c1-31-16-8-3-2-6-14(16)10-27-19-17(24-21(27)30)18(22-12-29)25-20(26-19)23-15-7-4-5-13(9-15)11-28/h2-9,12,28H,10-11H2,1H3,(H,24,30)(H2,22,23,25,26,29). The van der Waals surface area contributed by atoms with Crippen LogP contribution in [-0.4, -0.2) is 38.1 Å². The second-order valence-electron chi connectivity index (χ2n) is 6.67. The number of aliphatic hydroxyl groups excluding tert-OH is 1. The summed E-state index contributed by atoms with van der Waals surface area (Å²) in [4.78, 5) is 35.3. The summed E-state index contributed by atoms with van der Waals surface area (Å²) in [5, 5.41) is 14.9. The van der Waals surface area contributed by atoms with Crippen LogP contribution in [0.5, 0.6) is 5.75 Å². The summed E-state index contributed by atoms with van der Waals surface area (Å²) in [5.41, 5.74) is 2.38. The molecule has 0 saturated carbocycles. The molecule has 4 N–H and O–H groups in total. The van der Waals surface area contributed by atoms with Crippen LogP contribution in [0, 0.1) is 0 Å². The first-order chi connectivity index (χ1) is 15.1. The maximum atomic E-state index is 12.7. The number of carbonyl (C=O) groups excluding carboxylic acids is 1. The second-order valence-corrected chi connectivity index (χ2v) is 6.67. The van der Waals surface area contributed by atoms with Gasteiger partial charge in [-0.1, -0.05) is 30.3 Å². The van der Waals surface area contributed by atoms with Crippen molar-refractivity contribution in [3.05, 3.63) is 70.1 Å². The number of H-pyrrole nitrogens is 1. The van der Waals surface area contributed by atoms with Gasteiger partial charge in [-0.3, -0.25) is 9.36 Å². The molecular formula is C21H20N6O4. The molecule has 4 aromatic rings. The van der Waals surface area contributed by atoms with Crippen LogP contribution in [0.1, 0.15) is 11.1 Å². The highest BCUT2D eigenvalue weighted by atomic mass is 16.5. The molecule has 0 radical (unpaired) electrons. The van der Waals surface area contributed by atoms with E-state index in [2.05, 4.69) is 25.6 Å². The molecule has 10 nitrogen and oxygen atoms in total. The number of nitrogens with one attached hydrogen (secondary N) is 3. The van der Waals surface area contributed by atoms with Crippen molar-refractivity contribution in [3.8, 4) is 5.75 Å². The van der Waals surface area contributed by atoms with Gasteiger partial charge in [0.1, 0.15) is 11.3 Å². The van der Waals surface area contributed by atoms with E-state index in [-0.39, 0.29) is 24.9 Å². The van der Waals surface area contributed by atoms with Gasteiger partial charge >= 0.3 is 5.69 Å². The van der Waals surface area contributed by atoms with E-state index in [1.54, 1.807) is 31.4 Å². The van der Waals surface area contributed by atoms with Crippen LogP contribution in [0.25, 0.3) is 11.2 Å². The van der Waals surface area contributed by atoms with Gasteiger partial charge in [0.15, 0.2) is 11.5 Å². The fourth-order valence-electron chi connectivity index (χ4n) is 3.27. The molecule has 0 atom stereocenters. The van der Waals surface area contributed by atoms with E-state index in [9.17, 15) is 14.7 Å². The number of ether oxygens (including phenoxy) is 1. The zero-order chi connectivity index (χ0) is 21.8. The predicted molar refractivity (Wildman–Crippen MR) is 116 cm³/mol. The number of para-hydroxylation sites is 1. The third-order valence-corrected chi connectivity index (χ3v) is 4.70. The van der Waals surface area contributed by atoms with E-state index in [1.165, 1.54) is 4.57 Å². The Kier molecular flexibility index (Phi) is 5.63. The molecule has 1 amide bonds. The monoisotopic (exact) mass is 420 g/mol. The maximum Gasteiger partial charge on any atom is 0.328 e. The fraction of sp³-hybridized carbons (Fsp3) is 0.143. The molecule has 2 aromatic carbocycles. The van der Waals surface area contributed by atoms with Crippen LogP contribution in [0.4, 0.5) is 17.5 Å². The molecule has 158 valence electrons. The predicted octanol–water partition coefficient (Wildman–Crippen LogP) is 1.98. The first-order valence-corrected chi connectivity index (χ1v) is 9.42. The highest BCUT2D eigenvalue weighted by Gasteiger charge is 2.17. The Labute approximate surface area is 176 Å². The number of amides is 1. The van der Waals surface area contributed by atoms with Gasteiger partial charge in [-0.25, -0.2) is 4.79 Å². The average molecular weight is 420 g/mol. The zero-order valence-corrected chi connectivity index (χ0v) is 16.6. The molecule has 2 heterocycles. The number of rotatable bonds is 8. The lowest BCUT2D eigenvalue weighted by atomic mass is 10.2. The van der Waals surface area contributed by atoms with Crippen molar-refractivity contribution in [2.75, 3.05) is 17.7 Å². The Morgan fingerprint density at radius 1 is 1.19 bits per heavy atom. The first-order valence-electron chi connectivity index (χ1n) is 9.42. The number of aromatic nitrogens is 4. The van der Waals surface area contributed by atoms with E-state index in [1.807, 2.05) is 24.3 Å². The van der Waals surface area contributed by atoms with Crippen LogP contribution in [0.2, 0.25) is 0 Å². The van der Waals surface area contributed by atoms with Crippen LogP contribution >= 0.6 is 0 Å². The van der Waals surface area contributed by atoms with Gasteiger partial charge in [-0.05, 0) is 23.8 Å². The molecular weight excluding hydrogens is 400 g/mol. The molecule has 31 heavy (non-hydrogen) atoms. The van der Waals surface area contributed by atoms with Crippen molar-refractivity contribution >= 4 is 35.0 Å². The van der Waals surface area contributed by atoms with E-state index in [0.29, 0.717) is 34.6 Å². The SMILES string of the molecule is COc1ccccc1Cn1c(=O)[nH]c2c(NC=O)nc(Nc3cccc(CO)c3)nc21. The minimum absolute atomic E-state index is 0.108. The minimum Gasteiger partial charge on any atom is -0.496 e. The highest BCUT2D eigenvalue weighted by Crippen LogP contribution is 2.24. The Balaban J connectivity index is 1.81. The Morgan fingerprint density at radius 2 is 2.03 bits per heavy atom. The van der Waals surface area contributed by atoms with Gasteiger partial charge in [0.2, 0.25) is 12.4 Å². The van der Waals surface area contributed by atoms with E-state index in [0.717, 1.165) is 5.56 Å². The number of fused-ring (bicyclic) bond motifs is 1. The molecule has 0 bridgehead atoms. The van der Waals surface area contributed by atoms with E-state index in [4.69, 9.17) is 4.74 Å². The second kappa shape index (κ2) is 8.67. The number of aromatic amines is 1. The smallest absolute Gasteiger partial charge is 0.328 e. The molecule has 0 saturated heterocycles. The van der Waals surface area contributed by atoms with Crippen LogP contribution in [0.15, 0.2) is 53.3 Å². The summed E-state index contributed by atoms with van der Waals surface area (Å²) in [6.45, 7) is 0.101. The van der Waals surface area contributed by atoms with Crippen molar-refractivity contribution in [2.24, 2.45) is 0 Å². The summed E-state index contributed by atoms with van der Waals surface area (Å²) in [6.07, 6.45) is 0.480. The lowest BCUT2D eigenvalue weighted by Gasteiger charge is -2.11. The fourth-order valence-corrected chi connectivity index (χ4v) is 3.27. The number of hydrogen-bond acceptors (Lipinski definition) is 7. The number of hydrogen-bond donors (Lipinski definition) is 4. The Bertz CT molecular complexity index is 1300. The number of carbonyl (C=O) groups is 1. The molecule has 2 aromatic heterocycles. The van der Waals surface area contributed by atoms with Crippen molar-refractivity contribution in [3.63, 3.8) is 0 Å². The van der Waals surface area contributed by atoms with Crippen LogP contribution in [0.3, 0.4) is 0 Å². The van der Waals surface area contributed by atoms with Crippen molar-refractivity contribution < 1.29 is 14.6 Å². The van der Waals surface area contributed by atoms with Gasteiger partial charge < -0.3 is 25.5 Å². The highest BCUT2D eigenvalue weighted by molar-refractivity contribution is 5.89. The largest absolute Gasteiger partial charge is 0.496 e. The average Bonchev–Trinajstić information content (AvgIpc) is 3.10. The molecule has 4 rings (SSSR count). The van der Waals surface area contributed by atoms with Gasteiger partial charge in [-0.2, -0.15) is 9.97 Å². The van der Waals surface area contributed by atoms with Crippen molar-refractivity contribution in [2.45, 2.75) is 13.2 Å². The number of nitrogens with zero attached hydrogens (tertiary/aromatic N) is 3. The number of anilines is 3. The molecule has 0 aliphatic rings. The van der Waals surface area contributed by atoms with E-state index >= 15 is 0 Å². The van der Waals surface area contributed by atoms with Gasteiger partial charge in [0.25, 0.3) is 0 Å². The third-order valence-electron chi connectivity index (χ3n) is 4.70. The number of benzene rings is 2.